The first-order valence-electron chi connectivity index (χ1n) is 5.87. The maximum absolute atomic E-state index is 11.7. The zero-order valence-electron chi connectivity index (χ0n) is 11.0. The molecule has 20 heavy (non-hydrogen) atoms. The molecule has 0 fully saturated rings. The number of benzene rings is 1. The van der Waals surface area contributed by atoms with Crippen LogP contribution in [-0.2, 0) is 16.0 Å². The molecule has 0 aliphatic heterocycles. The molecule has 0 aliphatic carbocycles. The molecule has 0 saturated heterocycles. The summed E-state index contributed by atoms with van der Waals surface area (Å²) in [5.41, 5.74) is 6.77. The van der Waals surface area contributed by atoms with Gasteiger partial charge in [-0.3, -0.25) is 9.59 Å². The molecule has 106 valence electrons. The predicted octanol–water partition coefficient (Wildman–Crippen LogP) is 1.23. The SMILES string of the molecule is [CH2-]CO[CH-]CC(=O)c1ccc(CC(N)C(=O)O)cc1.[U+2]. The Morgan fingerprint density at radius 3 is 2.45 bits per heavy atom. The van der Waals surface area contributed by atoms with E-state index in [2.05, 4.69) is 6.92 Å². The van der Waals surface area contributed by atoms with Crippen LogP contribution in [0.3, 0.4) is 0 Å². The van der Waals surface area contributed by atoms with Gasteiger partial charge in [-0.15, -0.1) is 6.61 Å². The van der Waals surface area contributed by atoms with Crippen molar-refractivity contribution in [2.24, 2.45) is 5.73 Å². The van der Waals surface area contributed by atoms with Crippen molar-refractivity contribution in [3.63, 3.8) is 0 Å². The third-order valence-electron chi connectivity index (χ3n) is 2.55. The number of ether oxygens (including phenoxy) is 1. The Kier molecular flexibility index (Phi) is 9.78. The third-order valence-corrected chi connectivity index (χ3v) is 2.55. The van der Waals surface area contributed by atoms with E-state index in [0.29, 0.717) is 12.2 Å². The molecule has 0 spiro atoms. The van der Waals surface area contributed by atoms with Gasteiger partial charge in [0.15, 0.2) is 0 Å². The minimum Gasteiger partial charge on any atom is -0.577 e. The molecule has 1 aromatic carbocycles. The summed E-state index contributed by atoms with van der Waals surface area (Å²) in [6.07, 6.45) is 0.421. The normalized spacial score (nSPS) is 11.5. The van der Waals surface area contributed by atoms with Crippen molar-refractivity contribution in [2.75, 3.05) is 6.61 Å². The zero-order chi connectivity index (χ0) is 14.3. The van der Waals surface area contributed by atoms with E-state index >= 15 is 0 Å². The number of ketones is 1. The summed E-state index contributed by atoms with van der Waals surface area (Å²) >= 11 is 0. The van der Waals surface area contributed by atoms with Crippen LogP contribution < -0.4 is 5.73 Å². The molecule has 1 unspecified atom stereocenters. The van der Waals surface area contributed by atoms with Crippen molar-refractivity contribution < 1.29 is 50.5 Å². The largest absolute Gasteiger partial charge is 2.00 e. The fourth-order valence-electron chi connectivity index (χ4n) is 1.50. The van der Waals surface area contributed by atoms with Crippen LogP contribution >= 0.6 is 0 Å². The summed E-state index contributed by atoms with van der Waals surface area (Å²) in [5.74, 6) is -1.11. The average molecular weight is 501 g/mol. The van der Waals surface area contributed by atoms with E-state index in [1.807, 2.05) is 0 Å². The van der Waals surface area contributed by atoms with E-state index < -0.39 is 12.0 Å². The second-order valence-electron chi connectivity index (χ2n) is 4.01. The summed E-state index contributed by atoms with van der Waals surface area (Å²) in [7, 11) is 0. The molecule has 5 nitrogen and oxygen atoms in total. The number of aliphatic carboxylic acids is 1. The van der Waals surface area contributed by atoms with E-state index in [4.69, 9.17) is 15.6 Å². The predicted molar refractivity (Wildman–Crippen MR) is 70.3 cm³/mol. The summed E-state index contributed by atoms with van der Waals surface area (Å²) < 4.78 is 4.89. The van der Waals surface area contributed by atoms with Crippen LogP contribution in [0.5, 0.6) is 0 Å². The molecule has 0 heterocycles. The molecule has 0 aromatic heterocycles. The molecular formula is C14H17NO4U. The Balaban J connectivity index is 0.00000361. The van der Waals surface area contributed by atoms with Crippen molar-refractivity contribution >= 4 is 11.8 Å². The third kappa shape index (κ3) is 6.67. The Labute approximate surface area is 142 Å². The first-order valence-corrected chi connectivity index (χ1v) is 5.87. The number of carboxylic acid groups (broad SMARTS) is 1. The standard InChI is InChI=1S/C14H17NO4.U/c1-2-19-8-7-13(16)11-5-3-10(4-6-11)9-12(15)14(17)18;/h3-6,8,12H,1-2,7,9,15H2,(H,17,18);/q-2;+2. The molecule has 1 atom stereocenters. The zero-order valence-corrected chi connectivity index (χ0v) is 15.2. The van der Waals surface area contributed by atoms with Crippen LogP contribution in [-0.4, -0.2) is 29.5 Å². The Hall–Kier alpha value is -0.668. The minimum absolute atomic E-state index is 0. The van der Waals surface area contributed by atoms with Gasteiger partial charge >= 0.3 is 37.1 Å². The van der Waals surface area contributed by atoms with Gasteiger partial charge in [-0.2, -0.15) is 0 Å². The summed E-state index contributed by atoms with van der Waals surface area (Å²) in [6, 6.07) is 5.80. The number of nitrogens with two attached hydrogens (primary N) is 1. The average Bonchev–Trinajstić information content (AvgIpc) is 2.39. The van der Waals surface area contributed by atoms with Crippen LogP contribution in [0.4, 0.5) is 0 Å². The van der Waals surface area contributed by atoms with Gasteiger partial charge in [0.05, 0.1) is 0 Å². The maximum atomic E-state index is 11.7. The molecule has 3 N–H and O–H groups in total. The molecule has 0 aliphatic rings. The fourth-order valence-corrected chi connectivity index (χ4v) is 1.50. The molecule has 6 heteroatoms. The van der Waals surface area contributed by atoms with E-state index in [1.165, 1.54) is 6.61 Å². The quantitative estimate of drug-likeness (QED) is 0.318. The molecule has 1 aromatic rings. The van der Waals surface area contributed by atoms with Gasteiger partial charge < -0.3 is 22.5 Å². The molecule has 0 saturated carbocycles. The Morgan fingerprint density at radius 2 is 1.95 bits per heavy atom. The van der Waals surface area contributed by atoms with E-state index in [9.17, 15) is 9.59 Å². The number of carboxylic acids is 1. The molecule has 1 rings (SSSR count). The van der Waals surface area contributed by atoms with Gasteiger partial charge in [-0.1, -0.05) is 30.7 Å². The topological polar surface area (TPSA) is 89.6 Å². The van der Waals surface area contributed by atoms with Crippen molar-refractivity contribution in [1.82, 2.24) is 0 Å². The van der Waals surface area contributed by atoms with Gasteiger partial charge in [0.2, 0.25) is 0 Å². The molecule has 0 bridgehead atoms. The smallest absolute Gasteiger partial charge is 0.577 e. The van der Waals surface area contributed by atoms with Gasteiger partial charge in [0, 0.05) is 5.56 Å². The van der Waals surface area contributed by atoms with Crippen LogP contribution in [0.2, 0.25) is 0 Å². The monoisotopic (exact) mass is 501 g/mol. The van der Waals surface area contributed by atoms with Crippen molar-refractivity contribution in [3.8, 4) is 0 Å². The van der Waals surface area contributed by atoms with Crippen LogP contribution in [0.25, 0.3) is 0 Å². The number of rotatable bonds is 8. The minimum atomic E-state index is -1.04. The second kappa shape index (κ2) is 10.1. The molecular weight excluding hydrogens is 484 g/mol. The van der Waals surface area contributed by atoms with Crippen LogP contribution in [0.1, 0.15) is 22.3 Å². The molecule has 0 radical (unpaired) electrons. The first kappa shape index (κ1) is 19.3. The van der Waals surface area contributed by atoms with E-state index in [-0.39, 0.29) is 49.7 Å². The number of hydrogen-bond acceptors (Lipinski definition) is 4. The number of carbonyl (C=O) groups excluding carboxylic acids is 1. The van der Waals surface area contributed by atoms with Crippen LogP contribution in [0, 0.1) is 44.6 Å². The fraction of sp³-hybridized carbons (Fsp3) is 0.286. The van der Waals surface area contributed by atoms with E-state index in [1.54, 1.807) is 24.3 Å². The summed E-state index contributed by atoms with van der Waals surface area (Å²) in [6.45, 7) is 5.20. The second-order valence-corrected chi connectivity index (χ2v) is 4.01. The number of Topliss-reactive ketones (excluding diaryl/α,β-unsaturated/α-hetero) is 1. The first-order chi connectivity index (χ1) is 9.04. The van der Waals surface area contributed by atoms with Gasteiger partial charge in [0.1, 0.15) is 11.8 Å². The summed E-state index contributed by atoms with van der Waals surface area (Å²) in [4.78, 5) is 22.3. The Bertz CT molecular complexity index is 433. The number of carbonyl (C=O) groups is 2. The van der Waals surface area contributed by atoms with E-state index in [0.717, 1.165) is 5.56 Å². The van der Waals surface area contributed by atoms with Gasteiger partial charge in [0.25, 0.3) is 0 Å². The van der Waals surface area contributed by atoms with Gasteiger partial charge in [-0.25, -0.2) is 6.61 Å². The summed E-state index contributed by atoms with van der Waals surface area (Å²) in [5, 5.41) is 8.70. The van der Waals surface area contributed by atoms with Crippen LogP contribution in [0.15, 0.2) is 24.3 Å². The van der Waals surface area contributed by atoms with Crippen molar-refractivity contribution in [3.05, 3.63) is 48.9 Å². The van der Waals surface area contributed by atoms with Crippen molar-refractivity contribution in [1.29, 1.82) is 0 Å². The van der Waals surface area contributed by atoms with Gasteiger partial charge in [-0.05, 0) is 12.0 Å². The maximum Gasteiger partial charge on any atom is 2.00 e. The number of hydrogen-bond donors (Lipinski definition) is 2. The Morgan fingerprint density at radius 1 is 1.35 bits per heavy atom. The molecule has 0 amide bonds. The van der Waals surface area contributed by atoms with Crippen molar-refractivity contribution in [2.45, 2.75) is 18.9 Å².